The third-order valence-electron chi connectivity index (χ3n) is 4.19. The maximum Gasteiger partial charge on any atom is 0.321 e. The molecule has 7 nitrogen and oxygen atoms in total. The molecule has 1 heterocycles. The summed E-state index contributed by atoms with van der Waals surface area (Å²) in [5.74, 6) is -0.427. The number of nitrogens with zero attached hydrogens (tertiary/aromatic N) is 2. The molecule has 0 aromatic heterocycles. The molecule has 7 heteroatoms. The molecule has 0 spiro atoms. The number of anilines is 1. The van der Waals surface area contributed by atoms with Crippen LogP contribution in [0.4, 0.5) is 10.5 Å². The molecular formula is C18H26N4O3. The van der Waals surface area contributed by atoms with E-state index in [-0.39, 0.29) is 18.5 Å². The minimum atomic E-state index is -0.499. The van der Waals surface area contributed by atoms with E-state index >= 15 is 0 Å². The fourth-order valence-electron chi connectivity index (χ4n) is 2.92. The van der Waals surface area contributed by atoms with Gasteiger partial charge in [0.25, 0.3) is 0 Å². The van der Waals surface area contributed by atoms with Crippen molar-refractivity contribution >= 4 is 23.5 Å². The summed E-state index contributed by atoms with van der Waals surface area (Å²) in [6.07, 6.45) is 2.37. The summed E-state index contributed by atoms with van der Waals surface area (Å²) in [5.41, 5.74) is 0.869. The highest BCUT2D eigenvalue weighted by atomic mass is 16.2. The Hall–Kier alpha value is -2.41. The first-order valence-electron chi connectivity index (χ1n) is 8.67. The number of nitrogens with one attached hydrogen (secondary N) is 2. The quantitative estimate of drug-likeness (QED) is 0.815. The molecule has 0 radical (unpaired) electrons. The van der Waals surface area contributed by atoms with Crippen molar-refractivity contribution in [3.8, 4) is 0 Å². The molecule has 1 aromatic carbocycles. The molecule has 1 unspecified atom stereocenters. The van der Waals surface area contributed by atoms with Gasteiger partial charge in [0.1, 0.15) is 0 Å². The molecule has 1 atom stereocenters. The van der Waals surface area contributed by atoms with Crippen LogP contribution in [0.2, 0.25) is 0 Å². The van der Waals surface area contributed by atoms with E-state index in [0.29, 0.717) is 19.5 Å². The van der Waals surface area contributed by atoms with Crippen molar-refractivity contribution in [2.75, 3.05) is 31.6 Å². The number of piperidine rings is 1. The second-order valence-electron chi connectivity index (χ2n) is 6.20. The van der Waals surface area contributed by atoms with Crippen LogP contribution in [0.1, 0.15) is 26.2 Å². The van der Waals surface area contributed by atoms with Gasteiger partial charge in [0.2, 0.25) is 11.8 Å². The normalized spacial score (nSPS) is 17.5. The fourth-order valence-corrected chi connectivity index (χ4v) is 2.92. The van der Waals surface area contributed by atoms with E-state index in [4.69, 9.17) is 0 Å². The van der Waals surface area contributed by atoms with E-state index in [1.54, 1.807) is 16.8 Å². The van der Waals surface area contributed by atoms with Gasteiger partial charge in [-0.3, -0.25) is 19.8 Å². The van der Waals surface area contributed by atoms with E-state index in [9.17, 15) is 14.4 Å². The number of urea groups is 1. The van der Waals surface area contributed by atoms with Crippen LogP contribution in [-0.4, -0.2) is 55.5 Å². The van der Waals surface area contributed by atoms with E-state index in [1.165, 1.54) is 0 Å². The molecule has 25 heavy (non-hydrogen) atoms. The number of likely N-dealkylation sites (N-methyl/N-ethyl adjacent to an activating group) is 1. The van der Waals surface area contributed by atoms with Gasteiger partial charge in [0.15, 0.2) is 0 Å². The Labute approximate surface area is 148 Å². The summed E-state index contributed by atoms with van der Waals surface area (Å²) in [5, 5.41) is 4.88. The molecule has 0 bridgehead atoms. The van der Waals surface area contributed by atoms with Crippen molar-refractivity contribution in [3.05, 3.63) is 30.3 Å². The SMILES string of the molecule is CCCNC(=O)NC(=O)CN(C)C1CCCN(c2ccccc2)C1=O. The predicted molar refractivity (Wildman–Crippen MR) is 96.3 cm³/mol. The van der Waals surface area contributed by atoms with E-state index in [0.717, 1.165) is 18.5 Å². The number of hydrogen-bond donors (Lipinski definition) is 2. The van der Waals surface area contributed by atoms with Crippen LogP contribution < -0.4 is 15.5 Å². The smallest absolute Gasteiger partial charge is 0.321 e. The first-order chi connectivity index (χ1) is 12.0. The Morgan fingerprint density at radius 2 is 2.00 bits per heavy atom. The number of rotatable bonds is 6. The van der Waals surface area contributed by atoms with Crippen LogP contribution in [0, 0.1) is 0 Å². The molecule has 0 saturated carbocycles. The third kappa shape index (κ3) is 5.29. The molecule has 0 aliphatic carbocycles. The Kier molecular flexibility index (Phi) is 6.94. The first-order valence-corrected chi connectivity index (χ1v) is 8.67. The number of carbonyl (C=O) groups excluding carboxylic acids is 3. The minimum Gasteiger partial charge on any atom is -0.338 e. The largest absolute Gasteiger partial charge is 0.338 e. The van der Waals surface area contributed by atoms with E-state index in [2.05, 4.69) is 10.6 Å². The standard InChI is InChI=1S/C18H26N4O3/c1-3-11-19-18(25)20-16(23)13-21(2)15-10-7-12-22(17(15)24)14-8-5-4-6-9-14/h4-6,8-9,15H,3,7,10-13H2,1-2H3,(H2,19,20,23,25). The molecule has 1 aliphatic rings. The summed E-state index contributed by atoms with van der Waals surface area (Å²) in [4.78, 5) is 39.8. The van der Waals surface area contributed by atoms with Crippen LogP contribution in [0.15, 0.2) is 30.3 Å². The van der Waals surface area contributed by atoms with Crippen LogP contribution in [-0.2, 0) is 9.59 Å². The second-order valence-corrected chi connectivity index (χ2v) is 6.20. The lowest BCUT2D eigenvalue weighted by Gasteiger charge is -2.36. The second kappa shape index (κ2) is 9.17. The topological polar surface area (TPSA) is 81.8 Å². The zero-order valence-corrected chi connectivity index (χ0v) is 14.8. The highest BCUT2D eigenvalue weighted by Gasteiger charge is 2.33. The van der Waals surface area contributed by atoms with Gasteiger partial charge >= 0.3 is 6.03 Å². The van der Waals surface area contributed by atoms with Gasteiger partial charge in [-0.2, -0.15) is 0 Å². The molecule has 1 aliphatic heterocycles. The molecule has 136 valence electrons. The summed E-state index contributed by atoms with van der Waals surface area (Å²) < 4.78 is 0. The molecule has 2 rings (SSSR count). The third-order valence-corrected chi connectivity index (χ3v) is 4.19. The van der Waals surface area contributed by atoms with Gasteiger partial charge in [-0.15, -0.1) is 0 Å². The maximum atomic E-state index is 12.8. The Bertz CT molecular complexity index is 606. The van der Waals surface area contributed by atoms with Gasteiger partial charge in [-0.1, -0.05) is 25.1 Å². The van der Waals surface area contributed by atoms with E-state index in [1.807, 2.05) is 37.3 Å². The first kappa shape index (κ1) is 18.9. The van der Waals surface area contributed by atoms with Crippen molar-refractivity contribution in [3.63, 3.8) is 0 Å². The molecule has 4 amide bonds. The lowest BCUT2D eigenvalue weighted by molar-refractivity contribution is -0.127. The van der Waals surface area contributed by atoms with E-state index < -0.39 is 11.9 Å². The van der Waals surface area contributed by atoms with Crippen molar-refractivity contribution < 1.29 is 14.4 Å². The summed E-state index contributed by atoms with van der Waals surface area (Å²) in [6, 6.07) is 8.67. The van der Waals surface area contributed by atoms with Gasteiger partial charge < -0.3 is 10.2 Å². The molecule has 2 N–H and O–H groups in total. The number of hydrogen-bond acceptors (Lipinski definition) is 4. The van der Waals surface area contributed by atoms with Crippen molar-refractivity contribution in [2.45, 2.75) is 32.2 Å². The van der Waals surface area contributed by atoms with Gasteiger partial charge in [0, 0.05) is 18.8 Å². The molecular weight excluding hydrogens is 320 g/mol. The monoisotopic (exact) mass is 346 g/mol. The zero-order chi connectivity index (χ0) is 18.2. The lowest BCUT2D eigenvalue weighted by atomic mass is 10.0. The van der Waals surface area contributed by atoms with Crippen LogP contribution in [0.25, 0.3) is 0 Å². The maximum absolute atomic E-state index is 12.8. The van der Waals surface area contributed by atoms with Crippen LogP contribution in [0.3, 0.4) is 0 Å². The van der Waals surface area contributed by atoms with Crippen LogP contribution in [0.5, 0.6) is 0 Å². The van der Waals surface area contributed by atoms with Gasteiger partial charge in [0.05, 0.1) is 12.6 Å². The fraction of sp³-hybridized carbons (Fsp3) is 0.500. The van der Waals surface area contributed by atoms with Crippen molar-refractivity contribution in [1.82, 2.24) is 15.5 Å². The average molecular weight is 346 g/mol. The van der Waals surface area contributed by atoms with Gasteiger partial charge in [-0.05, 0) is 38.4 Å². The minimum absolute atomic E-state index is 0.00141. The summed E-state index contributed by atoms with van der Waals surface area (Å²) in [7, 11) is 1.74. The Balaban J connectivity index is 1.92. The van der Waals surface area contributed by atoms with Crippen molar-refractivity contribution in [1.29, 1.82) is 0 Å². The van der Waals surface area contributed by atoms with Crippen molar-refractivity contribution in [2.24, 2.45) is 0 Å². The highest BCUT2D eigenvalue weighted by molar-refractivity contribution is 5.99. The molecule has 1 fully saturated rings. The number of benzene rings is 1. The summed E-state index contributed by atoms with van der Waals surface area (Å²) in [6.45, 7) is 3.13. The van der Waals surface area contributed by atoms with Gasteiger partial charge in [-0.25, -0.2) is 4.79 Å². The number of para-hydroxylation sites is 1. The molecule has 1 saturated heterocycles. The number of imide groups is 1. The zero-order valence-electron chi connectivity index (χ0n) is 14.8. The predicted octanol–water partition coefficient (Wildman–Crippen LogP) is 1.35. The molecule has 1 aromatic rings. The highest BCUT2D eigenvalue weighted by Crippen LogP contribution is 2.22. The Morgan fingerprint density at radius 3 is 2.68 bits per heavy atom. The summed E-state index contributed by atoms with van der Waals surface area (Å²) >= 11 is 0. The lowest BCUT2D eigenvalue weighted by Crippen LogP contribution is -2.54. The average Bonchev–Trinajstić information content (AvgIpc) is 2.60. The number of amides is 4. The van der Waals surface area contributed by atoms with Crippen LogP contribution >= 0.6 is 0 Å². The Morgan fingerprint density at radius 1 is 1.28 bits per heavy atom. The number of carbonyl (C=O) groups is 3.